The van der Waals surface area contributed by atoms with E-state index in [2.05, 4.69) is 4.72 Å². The molecule has 0 saturated carbocycles. The minimum atomic E-state index is -3.56. The van der Waals surface area contributed by atoms with Gasteiger partial charge in [0.2, 0.25) is 10.0 Å². The van der Waals surface area contributed by atoms with Crippen LogP contribution in [0.25, 0.3) is 0 Å². The average molecular weight is 317 g/mol. The molecule has 2 rings (SSSR count). The van der Waals surface area contributed by atoms with E-state index in [0.29, 0.717) is 11.3 Å². The molecule has 0 aliphatic heterocycles. The molecule has 0 aliphatic rings. The van der Waals surface area contributed by atoms with Crippen molar-refractivity contribution in [2.45, 2.75) is 30.9 Å². The summed E-state index contributed by atoms with van der Waals surface area (Å²) >= 11 is 2.85. The Kier molecular flexibility index (Phi) is 4.75. The zero-order valence-electron chi connectivity index (χ0n) is 10.4. The van der Waals surface area contributed by atoms with Gasteiger partial charge in [0.05, 0.1) is 11.5 Å². The van der Waals surface area contributed by atoms with E-state index in [1.54, 1.807) is 16.7 Å². The van der Waals surface area contributed by atoms with E-state index in [1.807, 2.05) is 24.4 Å². The highest BCUT2D eigenvalue weighted by molar-refractivity contribution is 7.89. The molecule has 2 heterocycles. The normalized spacial score (nSPS) is 13.6. The third-order valence-corrected chi connectivity index (χ3v) is 6.19. The van der Waals surface area contributed by atoms with Crippen LogP contribution in [0.4, 0.5) is 0 Å². The maximum atomic E-state index is 12.2. The van der Waals surface area contributed by atoms with Gasteiger partial charge in [0.25, 0.3) is 0 Å². The number of nitrogens with one attached hydrogen (secondary N) is 1. The highest BCUT2D eigenvalue weighted by atomic mass is 32.2. The summed E-state index contributed by atoms with van der Waals surface area (Å²) in [6, 6.07) is 5.27. The maximum Gasteiger partial charge on any atom is 0.242 e. The Hall–Kier alpha value is -0.730. The fourth-order valence-electron chi connectivity index (χ4n) is 1.78. The van der Waals surface area contributed by atoms with Gasteiger partial charge in [-0.2, -0.15) is 0 Å². The van der Waals surface area contributed by atoms with Crippen LogP contribution in [0.2, 0.25) is 0 Å². The van der Waals surface area contributed by atoms with Gasteiger partial charge in [-0.1, -0.05) is 6.07 Å². The van der Waals surface area contributed by atoms with Crippen molar-refractivity contribution in [1.29, 1.82) is 0 Å². The molecule has 1 unspecified atom stereocenters. The van der Waals surface area contributed by atoms with Crippen molar-refractivity contribution in [1.82, 2.24) is 4.72 Å². The Morgan fingerprint density at radius 3 is 2.74 bits per heavy atom. The Labute approximate surface area is 120 Å². The average Bonchev–Trinajstić information content (AvgIpc) is 2.97. The minimum absolute atomic E-state index is 0.179. The summed E-state index contributed by atoms with van der Waals surface area (Å²) < 4.78 is 27.0. The van der Waals surface area contributed by atoms with Gasteiger partial charge in [0, 0.05) is 15.8 Å². The molecule has 0 bridgehead atoms. The molecule has 19 heavy (non-hydrogen) atoms. The number of rotatable bonds is 6. The lowest BCUT2D eigenvalue weighted by molar-refractivity contribution is 0.282. The van der Waals surface area contributed by atoms with Crippen LogP contribution in [0.15, 0.2) is 33.9 Å². The number of aliphatic hydroxyl groups is 1. The highest BCUT2D eigenvalue weighted by Crippen LogP contribution is 2.22. The first-order valence-electron chi connectivity index (χ1n) is 5.75. The van der Waals surface area contributed by atoms with Crippen molar-refractivity contribution in [3.63, 3.8) is 0 Å². The van der Waals surface area contributed by atoms with Gasteiger partial charge in [0.1, 0.15) is 0 Å². The second-order valence-corrected chi connectivity index (χ2v) is 7.89. The molecule has 0 spiro atoms. The van der Waals surface area contributed by atoms with Crippen LogP contribution in [-0.2, 0) is 23.1 Å². The van der Waals surface area contributed by atoms with Gasteiger partial charge in [-0.15, -0.1) is 22.7 Å². The molecule has 4 nitrogen and oxygen atoms in total. The summed E-state index contributed by atoms with van der Waals surface area (Å²) in [6.45, 7) is 1.58. The number of hydrogen-bond acceptors (Lipinski definition) is 5. The van der Waals surface area contributed by atoms with Crippen molar-refractivity contribution in [2.24, 2.45) is 0 Å². The topological polar surface area (TPSA) is 66.4 Å². The van der Waals surface area contributed by atoms with Crippen molar-refractivity contribution in [2.75, 3.05) is 0 Å². The molecule has 0 saturated heterocycles. The number of hydrogen-bond donors (Lipinski definition) is 2. The molecule has 2 aromatic rings. The number of thiophene rings is 2. The SMILES string of the molecule is CC(Cc1cccs1)NS(=O)(=O)c1ccsc1CO. The van der Waals surface area contributed by atoms with Crippen LogP contribution < -0.4 is 4.72 Å². The molecule has 1 atom stereocenters. The van der Waals surface area contributed by atoms with Crippen molar-refractivity contribution < 1.29 is 13.5 Å². The quantitative estimate of drug-likeness (QED) is 0.858. The molecule has 2 aromatic heterocycles. The summed E-state index contributed by atoms with van der Waals surface area (Å²) in [7, 11) is -3.56. The monoisotopic (exact) mass is 317 g/mol. The largest absolute Gasteiger partial charge is 0.391 e. The van der Waals surface area contributed by atoms with Crippen molar-refractivity contribution >= 4 is 32.7 Å². The second-order valence-electron chi connectivity index (χ2n) is 4.17. The lowest BCUT2D eigenvalue weighted by Gasteiger charge is -2.13. The van der Waals surface area contributed by atoms with Gasteiger partial charge >= 0.3 is 0 Å². The summed E-state index contributed by atoms with van der Waals surface area (Å²) in [4.78, 5) is 1.79. The second kappa shape index (κ2) is 6.15. The number of sulfonamides is 1. The molecule has 7 heteroatoms. The van der Waals surface area contributed by atoms with Crippen LogP contribution in [0, 0.1) is 0 Å². The van der Waals surface area contributed by atoms with Crippen molar-refractivity contribution in [3.05, 3.63) is 38.7 Å². The molecule has 0 fully saturated rings. The predicted molar refractivity (Wildman–Crippen MR) is 78.0 cm³/mol. The molecule has 2 N–H and O–H groups in total. The molecule has 0 amide bonds. The Morgan fingerprint density at radius 1 is 1.32 bits per heavy atom. The zero-order chi connectivity index (χ0) is 13.9. The summed E-state index contributed by atoms with van der Waals surface area (Å²) in [5, 5.41) is 12.8. The first kappa shape index (κ1) is 14.7. The Morgan fingerprint density at radius 2 is 2.11 bits per heavy atom. The molecule has 104 valence electrons. The van der Waals surface area contributed by atoms with E-state index in [4.69, 9.17) is 5.11 Å². The minimum Gasteiger partial charge on any atom is -0.391 e. The predicted octanol–water partition coefficient (Wildman–Crippen LogP) is 2.21. The van der Waals surface area contributed by atoms with Crippen molar-refractivity contribution in [3.8, 4) is 0 Å². The van der Waals surface area contributed by atoms with Gasteiger partial charge in [0.15, 0.2) is 0 Å². The third-order valence-electron chi connectivity index (χ3n) is 2.58. The highest BCUT2D eigenvalue weighted by Gasteiger charge is 2.21. The molecular weight excluding hydrogens is 302 g/mol. The van der Waals surface area contributed by atoms with E-state index >= 15 is 0 Å². The van der Waals surface area contributed by atoms with Crippen LogP contribution >= 0.6 is 22.7 Å². The maximum absolute atomic E-state index is 12.2. The fraction of sp³-hybridized carbons (Fsp3) is 0.333. The molecule has 0 aliphatic carbocycles. The van der Waals surface area contributed by atoms with Gasteiger partial charge in [-0.25, -0.2) is 13.1 Å². The van der Waals surface area contributed by atoms with Crippen LogP contribution in [0.1, 0.15) is 16.7 Å². The van der Waals surface area contributed by atoms with Gasteiger partial charge in [-0.3, -0.25) is 0 Å². The van der Waals surface area contributed by atoms with E-state index < -0.39 is 10.0 Å². The van der Waals surface area contributed by atoms with Gasteiger partial charge in [-0.05, 0) is 36.2 Å². The van der Waals surface area contributed by atoms with Crippen LogP contribution in [0.3, 0.4) is 0 Å². The molecule has 0 radical (unpaired) electrons. The fourth-order valence-corrected chi connectivity index (χ4v) is 5.16. The smallest absolute Gasteiger partial charge is 0.242 e. The summed E-state index contributed by atoms with van der Waals surface area (Å²) in [5.74, 6) is 0. The van der Waals surface area contributed by atoms with E-state index in [0.717, 1.165) is 4.88 Å². The first-order chi connectivity index (χ1) is 9.03. The standard InChI is InChI=1S/C12H15NO3S3/c1-9(7-10-3-2-5-17-10)13-19(15,16)12-4-6-18-11(12)8-14/h2-6,9,13-14H,7-8H2,1H3. The van der Waals surface area contributed by atoms with Crippen LogP contribution in [-0.4, -0.2) is 19.6 Å². The summed E-state index contributed by atoms with van der Waals surface area (Å²) in [6.07, 6.45) is 0.662. The summed E-state index contributed by atoms with van der Waals surface area (Å²) in [5.41, 5.74) is 0. The Balaban J connectivity index is 2.09. The van der Waals surface area contributed by atoms with Gasteiger partial charge < -0.3 is 5.11 Å². The zero-order valence-corrected chi connectivity index (χ0v) is 12.8. The van der Waals surface area contributed by atoms with E-state index in [-0.39, 0.29) is 17.5 Å². The van der Waals surface area contributed by atoms with Crippen LogP contribution in [0.5, 0.6) is 0 Å². The Bertz CT molecular complexity index is 616. The number of aliphatic hydroxyl groups excluding tert-OH is 1. The third kappa shape index (κ3) is 3.64. The molecular formula is C12H15NO3S3. The lowest BCUT2D eigenvalue weighted by atomic mass is 10.2. The first-order valence-corrected chi connectivity index (χ1v) is 8.99. The lowest BCUT2D eigenvalue weighted by Crippen LogP contribution is -2.34. The van der Waals surface area contributed by atoms with E-state index in [1.165, 1.54) is 17.4 Å². The van der Waals surface area contributed by atoms with E-state index in [9.17, 15) is 8.42 Å². The molecule has 0 aromatic carbocycles.